The topological polar surface area (TPSA) is 203 Å². The van der Waals surface area contributed by atoms with Crippen LogP contribution in [0.25, 0.3) is 0 Å². The van der Waals surface area contributed by atoms with Crippen molar-refractivity contribution in [3.8, 4) is 0 Å². The molecule has 0 bridgehead atoms. The molecule has 7 rings (SSSR count). The summed E-state index contributed by atoms with van der Waals surface area (Å²) in [5, 5.41) is 2.10. The van der Waals surface area contributed by atoms with Crippen molar-refractivity contribution < 1.29 is 50.1 Å². The Kier molecular flexibility index (Phi) is 5.52. The lowest BCUT2D eigenvalue weighted by atomic mass is 9.76. The van der Waals surface area contributed by atoms with Gasteiger partial charge >= 0.3 is 0 Å². The number of carbonyl (C=O) groups is 4. The molecule has 12 nitrogen and oxygen atoms in total. The number of ketones is 4. The molecule has 214 valence electrons. The maximum absolute atomic E-state index is 13.8. The van der Waals surface area contributed by atoms with Crippen molar-refractivity contribution in [3.63, 3.8) is 0 Å². The molecule has 3 aliphatic carbocycles. The molecule has 0 saturated heterocycles. The van der Waals surface area contributed by atoms with Gasteiger partial charge in [-0.05, 0) is 24.3 Å². The number of anilines is 1. The molecule has 0 aromatic heterocycles. The molecule has 3 aromatic rings. The van der Waals surface area contributed by atoms with Gasteiger partial charge in [0.1, 0.15) is 27.1 Å². The summed E-state index contributed by atoms with van der Waals surface area (Å²) in [5.74, 6) is -2.59. The maximum atomic E-state index is 13.8. The Morgan fingerprint density at radius 2 is 1.40 bits per heavy atom. The number of allylic oxidation sites excluding steroid dienone is 2. The molecule has 0 radical (unpaired) electrons. The number of carbonyl (C=O) groups excluding carboxylic acids is 4. The van der Waals surface area contributed by atoms with E-state index >= 15 is 0 Å². The zero-order chi connectivity index (χ0) is 30.7. The Hall–Kier alpha value is -4.60. The van der Waals surface area contributed by atoms with Crippen LogP contribution >= 0.6 is 11.6 Å². The van der Waals surface area contributed by atoms with E-state index in [0.717, 1.165) is 0 Å². The van der Waals surface area contributed by atoms with Crippen LogP contribution < -0.4 is 10.3 Å². The number of hydrogen-bond donors (Lipinski definition) is 4. The number of nitrogens with one attached hydrogen (secondary N) is 2. The maximum Gasteiger partial charge on any atom is 0.297 e. The first kappa shape index (κ1) is 27.2. The summed E-state index contributed by atoms with van der Waals surface area (Å²) in [7, 11) is -10.7. The summed E-state index contributed by atoms with van der Waals surface area (Å²) in [6, 6.07) is 8.76. The second-order valence-electron chi connectivity index (χ2n) is 9.98. The van der Waals surface area contributed by atoms with Crippen molar-refractivity contribution >= 4 is 72.1 Å². The summed E-state index contributed by atoms with van der Waals surface area (Å²) < 4.78 is 67.4. The van der Waals surface area contributed by atoms with E-state index in [9.17, 15) is 45.1 Å². The number of benzene rings is 3. The van der Waals surface area contributed by atoms with Crippen LogP contribution in [0.4, 0.5) is 11.4 Å². The second kappa shape index (κ2) is 8.72. The first-order valence-corrected chi connectivity index (χ1v) is 15.5. The third-order valence-corrected chi connectivity index (χ3v) is 10.1. The van der Waals surface area contributed by atoms with E-state index in [2.05, 4.69) is 10.3 Å². The molecule has 0 amide bonds. The molecule has 0 saturated carbocycles. The fourth-order valence-corrected chi connectivity index (χ4v) is 8.36. The highest BCUT2D eigenvalue weighted by molar-refractivity contribution is 7.89. The fourth-order valence-electron chi connectivity index (χ4n) is 5.84. The lowest BCUT2D eigenvalue weighted by Crippen LogP contribution is -2.74. The minimum atomic E-state index is -5.39. The first-order chi connectivity index (χ1) is 20.2. The van der Waals surface area contributed by atoms with Gasteiger partial charge in [-0.25, -0.2) is 4.99 Å². The SMILES string of the molecule is O=C1C2=C(C(=O)c3ccccc31)C1Nc3ccc4c(c3[NH+]=C1C=C2)C(=O)c1cc(S(=O)(=O)O)c(S(=O)(=O)O)c(Cl)c1C4=O. The highest BCUT2D eigenvalue weighted by atomic mass is 35.5. The van der Waals surface area contributed by atoms with Gasteiger partial charge in [-0.15, -0.1) is 0 Å². The Balaban J connectivity index is 1.40. The predicted molar refractivity (Wildman–Crippen MR) is 149 cm³/mol. The molecule has 15 heteroatoms. The minimum Gasteiger partial charge on any atom is -0.364 e. The summed E-state index contributed by atoms with van der Waals surface area (Å²) in [4.78, 5) is 54.3. The van der Waals surface area contributed by atoms with Gasteiger partial charge in [0.15, 0.2) is 17.3 Å². The van der Waals surface area contributed by atoms with E-state index in [1.807, 2.05) is 0 Å². The fraction of sp³-hybridized carbons (Fsp3) is 0.0357. The summed E-state index contributed by atoms with van der Waals surface area (Å²) in [6.45, 7) is 0. The average molecular weight is 638 g/mol. The number of hydrogen-bond acceptors (Lipinski definition) is 9. The number of rotatable bonds is 2. The van der Waals surface area contributed by atoms with Crippen molar-refractivity contribution in [1.29, 1.82) is 0 Å². The third kappa shape index (κ3) is 3.71. The van der Waals surface area contributed by atoms with Crippen molar-refractivity contribution in [2.75, 3.05) is 5.32 Å². The van der Waals surface area contributed by atoms with Crippen LogP contribution in [-0.2, 0) is 20.2 Å². The zero-order valence-corrected chi connectivity index (χ0v) is 23.5. The van der Waals surface area contributed by atoms with Gasteiger partial charge in [-0.2, -0.15) is 16.8 Å². The molecule has 1 unspecified atom stereocenters. The van der Waals surface area contributed by atoms with E-state index in [4.69, 9.17) is 11.6 Å². The number of fused-ring (bicyclic) bond motifs is 7. The van der Waals surface area contributed by atoms with Crippen molar-refractivity contribution in [2.45, 2.75) is 15.8 Å². The van der Waals surface area contributed by atoms with E-state index in [-0.39, 0.29) is 56.3 Å². The van der Waals surface area contributed by atoms with Crippen LogP contribution in [0.5, 0.6) is 0 Å². The van der Waals surface area contributed by atoms with Crippen molar-refractivity contribution in [2.24, 2.45) is 0 Å². The molecule has 1 atom stereocenters. The molecule has 1 aliphatic heterocycles. The summed E-state index contributed by atoms with van der Waals surface area (Å²) in [6.07, 6.45) is 3.02. The van der Waals surface area contributed by atoms with Gasteiger partial charge in [-0.1, -0.05) is 35.9 Å². The molecule has 4 aliphatic rings. The van der Waals surface area contributed by atoms with Gasteiger partial charge < -0.3 is 5.32 Å². The Labute approximate surface area is 246 Å². The Morgan fingerprint density at radius 1 is 0.744 bits per heavy atom. The van der Waals surface area contributed by atoms with Gasteiger partial charge in [-0.3, -0.25) is 28.3 Å². The van der Waals surface area contributed by atoms with E-state index in [1.165, 1.54) is 18.2 Å². The van der Waals surface area contributed by atoms with E-state index in [0.29, 0.717) is 11.8 Å². The largest absolute Gasteiger partial charge is 0.364 e. The standard InChI is InChI=1S/C28H13ClN2O10S2/c29-21-18-14(9-17(42(36,37)38)28(21)43(39,40)41)27(35)20-13(26(18)34)6-8-16-23(20)31-15-7-5-12-19(22(15)30-16)25(33)11-4-2-1-3-10(11)24(12)32/h1-9,22,30H,(H,36,37,38)(H,39,40,41)/p+1. The predicted octanol–water partition coefficient (Wildman–Crippen LogP) is 1.50. The second-order valence-corrected chi connectivity index (χ2v) is 13.1. The first-order valence-electron chi connectivity index (χ1n) is 12.3. The Morgan fingerprint density at radius 3 is 2.05 bits per heavy atom. The lowest BCUT2D eigenvalue weighted by Gasteiger charge is -2.31. The normalized spacial score (nSPS) is 18.6. The zero-order valence-electron chi connectivity index (χ0n) is 21.1. The van der Waals surface area contributed by atoms with E-state index < -0.39 is 63.8 Å². The average Bonchev–Trinajstić information content (AvgIpc) is 2.95. The molecular weight excluding hydrogens is 624 g/mol. The third-order valence-electron chi connectivity index (χ3n) is 7.67. The highest BCUT2D eigenvalue weighted by Crippen LogP contribution is 2.43. The quantitative estimate of drug-likeness (QED) is 0.232. The molecule has 43 heavy (non-hydrogen) atoms. The van der Waals surface area contributed by atoms with Crippen LogP contribution in [0.15, 0.2) is 75.6 Å². The summed E-state index contributed by atoms with van der Waals surface area (Å²) in [5.41, 5.74) is -0.127. The number of Topliss-reactive ketones (excluding diaryl/α,β-unsaturated/α-hetero) is 2. The summed E-state index contributed by atoms with van der Waals surface area (Å²) >= 11 is 6.12. The van der Waals surface area contributed by atoms with Crippen LogP contribution in [-0.4, -0.2) is 60.8 Å². The monoisotopic (exact) mass is 637 g/mol. The number of halogens is 1. The van der Waals surface area contributed by atoms with Gasteiger partial charge in [0, 0.05) is 39.5 Å². The van der Waals surface area contributed by atoms with Crippen LogP contribution in [0.2, 0.25) is 5.02 Å². The molecule has 3 aromatic carbocycles. The van der Waals surface area contributed by atoms with Crippen molar-refractivity contribution in [1.82, 2.24) is 0 Å². The van der Waals surface area contributed by atoms with Crippen molar-refractivity contribution in [3.05, 3.63) is 104 Å². The molecule has 0 spiro atoms. The van der Waals surface area contributed by atoms with Crippen LogP contribution in [0.1, 0.15) is 52.6 Å². The molecule has 4 N–H and O–H groups in total. The molecular formula is C28H14ClN2O10S2+. The molecule has 1 heterocycles. The van der Waals surface area contributed by atoms with Gasteiger partial charge in [0.25, 0.3) is 20.2 Å². The lowest BCUT2D eigenvalue weighted by molar-refractivity contribution is -0.355. The highest BCUT2D eigenvalue weighted by Gasteiger charge is 2.46. The van der Waals surface area contributed by atoms with Crippen LogP contribution in [0.3, 0.4) is 0 Å². The van der Waals surface area contributed by atoms with Gasteiger partial charge in [0.05, 0.1) is 10.6 Å². The van der Waals surface area contributed by atoms with Crippen LogP contribution in [0, 0.1) is 0 Å². The smallest absolute Gasteiger partial charge is 0.297 e. The Bertz CT molecular complexity index is 2300. The van der Waals surface area contributed by atoms with Gasteiger partial charge in [0.2, 0.25) is 17.2 Å². The minimum absolute atomic E-state index is 0.0832. The van der Waals surface area contributed by atoms with E-state index in [1.54, 1.807) is 30.3 Å². The molecule has 0 fully saturated rings.